The van der Waals surface area contributed by atoms with Gasteiger partial charge >= 0.3 is 0 Å². The Morgan fingerprint density at radius 3 is 2.74 bits per heavy atom. The lowest BCUT2D eigenvalue weighted by Crippen LogP contribution is -2.56. The molecule has 0 aliphatic carbocycles. The second-order valence-electron chi connectivity index (χ2n) is 8.48. The van der Waals surface area contributed by atoms with E-state index in [1.54, 1.807) is 23.2 Å². The van der Waals surface area contributed by atoms with Crippen LogP contribution in [0.15, 0.2) is 79.1 Å². The number of halogens is 1. The lowest BCUT2D eigenvalue weighted by Gasteiger charge is -2.47. The molecule has 1 saturated heterocycles. The number of likely N-dealkylation sites (tertiary alicyclic amines) is 1. The van der Waals surface area contributed by atoms with Gasteiger partial charge in [0.25, 0.3) is 5.91 Å². The molecule has 3 heterocycles. The molecule has 5 nitrogen and oxygen atoms in total. The predicted molar refractivity (Wildman–Crippen MR) is 118 cm³/mol. The number of piperidine rings is 1. The van der Waals surface area contributed by atoms with Crippen LogP contribution in [0.4, 0.5) is 10.1 Å². The number of aromatic nitrogens is 2. The molecule has 0 N–H and O–H groups in total. The molecule has 3 aromatic rings. The first-order chi connectivity index (χ1) is 15.0. The summed E-state index contributed by atoms with van der Waals surface area (Å²) < 4.78 is 15.7. The van der Waals surface area contributed by atoms with Crippen molar-refractivity contribution in [2.75, 3.05) is 11.4 Å². The molecule has 2 aliphatic heterocycles. The fourth-order valence-corrected chi connectivity index (χ4v) is 4.94. The van der Waals surface area contributed by atoms with Crippen molar-refractivity contribution in [1.29, 1.82) is 0 Å². The number of benzene rings is 2. The van der Waals surface area contributed by atoms with E-state index in [2.05, 4.69) is 41.2 Å². The van der Waals surface area contributed by atoms with E-state index in [-0.39, 0.29) is 17.8 Å². The predicted octanol–water partition coefficient (Wildman–Crippen LogP) is 4.34. The van der Waals surface area contributed by atoms with Gasteiger partial charge in [0, 0.05) is 43.3 Å². The Kier molecular flexibility index (Phi) is 4.94. The first-order valence-corrected chi connectivity index (χ1v) is 10.7. The maximum Gasteiger partial charge on any atom is 0.251 e. The highest BCUT2D eigenvalue weighted by Gasteiger charge is 2.46. The third-order valence-corrected chi connectivity index (χ3v) is 6.44. The van der Waals surface area contributed by atoms with Gasteiger partial charge in [-0.1, -0.05) is 24.3 Å². The van der Waals surface area contributed by atoms with Crippen molar-refractivity contribution in [3.05, 3.63) is 90.5 Å². The van der Waals surface area contributed by atoms with E-state index in [9.17, 15) is 9.18 Å². The molecule has 1 aromatic heterocycles. The van der Waals surface area contributed by atoms with E-state index in [0.29, 0.717) is 5.69 Å². The number of anilines is 1. The van der Waals surface area contributed by atoms with Gasteiger partial charge in [-0.15, -0.1) is 0 Å². The van der Waals surface area contributed by atoms with Crippen molar-refractivity contribution in [1.82, 2.24) is 14.7 Å². The first kappa shape index (κ1) is 19.7. The summed E-state index contributed by atoms with van der Waals surface area (Å²) in [6, 6.07) is 16.9. The Hall–Kier alpha value is -3.25. The first-order valence-electron chi connectivity index (χ1n) is 10.7. The number of carbonyl (C=O) groups excluding carboxylic acids is 1. The number of carbonyl (C=O) groups is 1. The van der Waals surface area contributed by atoms with Crippen molar-refractivity contribution >= 4 is 11.6 Å². The molecule has 31 heavy (non-hydrogen) atoms. The van der Waals surface area contributed by atoms with Crippen LogP contribution in [0.1, 0.15) is 25.3 Å². The van der Waals surface area contributed by atoms with Gasteiger partial charge in [0.1, 0.15) is 5.82 Å². The zero-order valence-electron chi connectivity index (χ0n) is 17.5. The van der Waals surface area contributed by atoms with E-state index in [0.717, 1.165) is 31.6 Å². The Balaban J connectivity index is 1.34. The van der Waals surface area contributed by atoms with E-state index < -0.39 is 5.54 Å². The number of hydrogen-bond donors (Lipinski definition) is 0. The Bertz CT molecular complexity index is 1130. The lowest BCUT2D eigenvalue weighted by atomic mass is 9.82. The highest BCUT2D eigenvalue weighted by molar-refractivity contribution is 6.06. The van der Waals surface area contributed by atoms with Gasteiger partial charge in [-0.25, -0.2) is 9.07 Å². The van der Waals surface area contributed by atoms with Crippen LogP contribution in [0.25, 0.3) is 5.69 Å². The molecule has 5 rings (SSSR count). The van der Waals surface area contributed by atoms with Gasteiger partial charge in [-0.05, 0) is 61.7 Å². The number of nitrogens with zero attached hydrogens (tertiary/aromatic N) is 4. The second-order valence-corrected chi connectivity index (χ2v) is 8.48. The zero-order valence-corrected chi connectivity index (χ0v) is 17.5. The van der Waals surface area contributed by atoms with Crippen LogP contribution in [-0.2, 0) is 11.3 Å². The topological polar surface area (TPSA) is 41.4 Å². The van der Waals surface area contributed by atoms with Gasteiger partial charge in [0.05, 0.1) is 11.2 Å². The number of amides is 1. The summed E-state index contributed by atoms with van der Waals surface area (Å²) in [5.41, 5.74) is 2.51. The van der Waals surface area contributed by atoms with Crippen LogP contribution in [0.5, 0.6) is 0 Å². The third kappa shape index (κ3) is 3.68. The number of hydrogen-bond acceptors (Lipinski definition) is 3. The van der Waals surface area contributed by atoms with Crippen LogP contribution in [0.3, 0.4) is 0 Å². The maximum absolute atomic E-state index is 13.8. The minimum absolute atomic E-state index is 0.0711. The van der Waals surface area contributed by atoms with Gasteiger partial charge < -0.3 is 0 Å². The summed E-state index contributed by atoms with van der Waals surface area (Å²) in [5, 5.41) is 4.32. The van der Waals surface area contributed by atoms with Crippen LogP contribution in [0.2, 0.25) is 0 Å². The van der Waals surface area contributed by atoms with Crippen LogP contribution in [0, 0.1) is 5.82 Å². The summed E-state index contributed by atoms with van der Waals surface area (Å²) in [6.45, 7) is 3.90. The van der Waals surface area contributed by atoms with Gasteiger partial charge in [0.2, 0.25) is 0 Å². The largest absolute Gasteiger partial charge is 0.299 e. The third-order valence-electron chi connectivity index (χ3n) is 6.44. The van der Waals surface area contributed by atoms with E-state index in [1.807, 2.05) is 29.1 Å². The van der Waals surface area contributed by atoms with Crippen molar-refractivity contribution in [2.45, 2.75) is 37.9 Å². The van der Waals surface area contributed by atoms with Gasteiger partial charge in [-0.2, -0.15) is 5.10 Å². The van der Waals surface area contributed by atoms with Crippen molar-refractivity contribution in [3.8, 4) is 5.69 Å². The molecule has 0 bridgehead atoms. The standard InChI is InChI=1S/C25H25FN4O/c1-19-17-25(10-9-24(31)30(25)23-8-3-6-21(26)16-23)11-14-28(19)18-20-5-2-7-22(15-20)29-13-4-12-27-29/h2-10,12-13,15-16,19H,11,14,17-18H2,1H3. The summed E-state index contributed by atoms with van der Waals surface area (Å²) in [7, 11) is 0. The SMILES string of the molecule is CC1CC2(C=CC(=O)N2c2cccc(F)c2)CCN1Cc1cccc(-n2cccn2)c1. The lowest BCUT2D eigenvalue weighted by molar-refractivity contribution is -0.114. The second kappa shape index (κ2) is 7.78. The normalized spacial score (nSPS) is 23.7. The molecule has 2 aromatic carbocycles. The molecule has 1 amide bonds. The van der Waals surface area contributed by atoms with Crippen LogP contribution >= 0.6 is 0 Å². The molecule has 2 unspecified atom stereocenters. The maximum atomic E-state index is 13.8. The van der Waals surface area contributed by atoms with Crippen LogP contribution < -0.4 is 4.90 Å². The minimum Gasteiger partial charge on any atom is -0.299 e. The summed E-state index contributed by atoms with van der Waals surface area (Å²) in [6.07, 6.45) is 9.00. The zero-order chi connectivity index (χ0) is 21.4. The Morgan fingerprint density at radius 2 is 1.97 bits per heavy atom. The van der Waals surface area contributed by atoms with Crippen molar-refractivity contribution in [3.63, 3.8) is 0 Å². The Morgan fingerprint density at radius 1 is 1.13 bits per heavy atom. The summed E-state index contributed by atoms with van der Waals surface area (Å²) >= 11 is 0. The van der Waals surface area contributed by atoms with Gasteiger partial charge in [-0.3, -0.25) is 14.6 Å². The average Bonchev–Trinajstić information content (AvgIpc) is 3.40. The minimum atomic E-state index is -0.391. The Labute approximate surface area is 181 Å². The fraction of sp³-hybridized carbons (Fsp3) is 0.280. The molecular formula is C25H25FN4O. The van der Waals surface area contributed by atoms with E-state index in [4.69, 9.17) is 0 Å². The van der Waals surface area contributed by atoms with Gasteiger partial charge in [0.15, 0.2) is 0 Å². The smallest absolute Gasteiger partial charge is 0.251 e. The molecule has 1 fully saturated rings. The molecule has 2 atom stereocenters. The molecule has 1 spiro atoms. The highest BCUT2D eigenvalue weighted by atomic mass is 19.1. The molecule has 0 saturated carbocycles. The average molecular weight is 417 g/mol. The fourth-order valence-electron chi connectivity index (χ4n) is 4.94. The molecule has 158 valence electrons. The van der Waals surface area contributed by atoms with Crippen molar-refractivity contribution < 1.29 is 9.18 Å². The van der Waals surface area contributed by atoms with Crippen LogP contribution in [-0.4, -0.2) is 38.7 Å². The summed E-state index contributed by atoms with van der Waals surface area (Å²) in [5.74, 6) is -0.395. The number of rotatable bonds is 4. The molecule has 6 heteroatoms. The molecule has 2 aliphatic rings. The monoisotopic (exact) mass is 416 g/mol. The summed E-state index contributed by atoms with van der Waals surface area (Å²) in [4.78, 5) is 16.9. The molecule has 0 radical (unpaired) electrons. The van der Waals surface area contributed by atoms with E-state index >= 15 is 0 Å². The quantitative estimate of drug-likeness (QED) is 0.635. The van der Waals surface area contributed by atoms with E-state index in [1.165, 1.54) is 17.7 Å². The molecular weight excluding hydrogens is 391 g/mol. The highest BCUT2D eigenvalue weighted by Crippen LogP contribution is 2.40. The van der Waals surface area contributed by atoms with Crippen molar-refractivity contribution in [2.24, 2.45) is 0 Å².